The van der Waals surface area contributed by atoms with Gasteiger partial charge >= 0.3 is 0 Å². The molecule has 0 N–H and O–H groups in total. The van der Waals surface area contributed by atoms with E-state index in [2.05, 4.69) is 103 Å². The molecule has 0 bridgehead atoms. The molecule has 0 aliphatic carbocycles. The quantitative estimate of drug-likeness (QED) is 0.253. The van der Waals surface area contributed by atoms with Crippen molar-refractivity contribution in [3.63, 3.8) is 0 Å². The Labute approximate surface area is 201 Å². The molecule has 0 aliphatic heterocycles. The average molecular weight is 455 g/mol. The second kappa shape index (κ2) is 7.48. The van der Waals surface area contributed by atoms with Gasteiger partial charge < -0.3 is 4.42 Å². The minimum Gasteiger partial charge on any atom is -0.455 e. The maximum Gasteiger partial charge on any atom is 0.144 e. The number of furan rings is 1. The predicted octanol–water partition coefficient (Wildman–Crippen LogP) is 9.88. The number of benzene rings is 6. The Balaban J connectivity index is 1.37. The van der Waals surface area contributed by atoms with E-state index in [4.69, 9.17) is 16.0 Å². The van der Waals surface area contributed by atoms with Gasteiger partial charge in [-0.2, -0.15) is 0 Å². The van der Waals surface area contributed by atoms with E-state index in [9.17, 15) is 0 Å². The fraction of sp³-hybridized carbons (Fsp3) is 0. The van der Waals surface area contributed by atoms with Crippen molar-refractivity contribution in [1.82, 2.24) is 0 Å². The van der Waals surface area contributed by atoms with Crippen LogP contribution in [0.3, 0.4) is 0 Å². The fourth-order valence-electron chi connectivity index (χ4n) is 4.96. The van der Waals surface area contributed by atoms with Crippen LogP contribution in [0.5, 0.6) is 0 Å². The molecule has 2 heteroatoms. The smallest absolute Gasteiger partial charge is 0.144 e. The molecule has 1 aromatic heterocycles. The molecule has 0 unspecified atom stereocenters. The molecule has 0 spiro atoms. The van der Waals surface area contributed by atoms with E-state index in [1.165, 1.54) is 27.3 Å². The Morgan fingerprint density at radius 2 is 1.12 bits per heavy atom. The second-order valence-electron chi connectivity index (χ2n) is 8.74. The van der Waals surface area contributed by atoms with Gasteiger partial charge in [0.05, 0.1) is 5.02 Å². The normalized spacial score (nSPS) is 11.7. The molecule has 6 aromatic carbocycles. The van der Waals surface area contributed by atoms with E-state index in [0.29, 0.717) is 5.02 Å². The molecule has 0 radical (unpaired) electrons. The topological polar surface area (TPSA) is 13.1 Å². The molecule has 0 atom stereocenters. The maximum absolute atomic E-state index is 6.68. The minimum absolute atomic E-state index is 0.709. The summed E-state index contributed by atoms with van der Waals surface area (Å²) >= 11 is 6.68. The largest absolute Gasteiger partial charge is 0.455 e. The Morgan fingerprint density at radius 3 is 1.88 bits per heavy atom. The highest BCUT2D eigenvalue weighted by molar-refractivity contribution is 6.38. The zero-order chi connectivity index (χ0) is 22.6. The lowest BCUT2D eigenvalue weighted by molar-refractivity contribution is 0.670. The SMILES string of the molecule is Clc1ccc(-c2ccc(-c3ccc4ccccc4c3)cc2)c2oc3cc4ccccc4cc3c12. The maximum atomic E-state index is 6.68. The summed E-state index contributed by atoms with van der Waals surface area (Å²) < 4.78 is 6.41. The molecule has 1 heterocycles. The molecule has 0 fully saturated rings. The van der Waals surface area contributed by atoms with Crippen molar-refractivity contribution in [2.45, 2.75) is 0 Å². The minimum atomic E-state index is 0.709. The first-order valence-electron chi connectivity index (χ1n) is 11.4. The Bertz CT molecular complexity index is 1860. The van der Waals surface area contributed by atoms with Crippen LogP contribution in [0.4, 0.5) is 0 Å². The van der Waals surface area contributed by atoms with Crippen LogP contribution in [0.15, 0.2) is 120 Å². The van der Waals surface area contributed by atoms with Gasteiger partial charge in [-0.05, 0) is 68.6 Å². The van der Waals surface area contributed by atoms with Crippen LogP contribution in [0, 0.1) is 0 Å². The summed E-state index contributed by atoms with van der Waals surface area (Å²) in [7, 11) is 0. The number of hydrogen-bond donors (Lipinski definition) is 0. The van der Waals surface area contributed by atoms with Gasteiger partial charge in [0, 0.05) is 16.3 Å². The highest BCUT2D eigenvalue weighted by atomic mass is 35.5. The number of halogens is 1. The monoisotopic (exact) mass is 454 g/mol. The average Bonchev–Trinajstić information content (AvgIpc) is 3.26. The van der Waals surface area contributed by atoms with Crippen LogP contribution in [0.2, 0.25) is 5.02 Å². The van der Waals surface area contributed by atoms with Gasteiger partial charge in [-0.3, -0.25) is 0 Å². The van der Waals surface area contributed by atoms with Gasteiger partial charge in [0.15, 0.2) is 0 Å². The van der Waals surface area contributed by atoms with Crippen LogP contribution in [-0.4, -0.2) is 0 Å². The third-order valence-corrected chi connectivity index (χ3v) is 7.03. The Kier molecular flexibility index (Phi) is 4.27. The highest BCUT2D eigenvalue weighted by Crippen LogP contribution is 2.41. The lowest BCUT2D eigenvalue weighted by atomic mass is 9.97. The third-order valence-electron chi connectivity index (χ3n) is 6.71. The van der Waals surface area contributed by atoms with Crippen molar-refractivity contribution in [2.24, 2.45) is 0 Å². The second-order valence-corrected chi connectivity index (χ2v) is 9.14. The summed E-state index contributed by atoms with van der Waals surface area (Å²) in [6.07, 6.45) is 0. The molecular weight excluding hydrogens is 436 g/mol. The first kappa shape index (κ1) is 19.4. The van der Waals surface area contributed by atoms with Crippen molar-refractivity contribution >= 4 is 55.1 Å². The zero-order valence-electron chi connectivity index (χ0n) is 18.3. The van der Waals surface area contributed by atoms with E-state index in [1.807, 2.05) is 12.1 Å². The molecule has 1 nitrogen and oxygen atoms in total. The van der Waals surface area contributed by atoms with E-state index >= 15 is 0 Å². The molecule has 7 aromatic rings. The Hall–Kier alpha value is -4.07. The highest BCUT2D eigenvalue weighted by Gasteiger charge is 2.16. The van der Waals surface area contributed by atoms with Gasteiger partial charge in [-0.25, -0.2) is 0 Å². The summed E-state index contributed by atoms with van der Waals surface area (Å²) in [5.74, 6) is 0. The first-order valence-corrected chi connectivity index (χ1v) is 11.8. The van der Waals surface area contributed by atoms with Crippen molar-refractivity contribution in [2.75, 3.05) is 0 Å². The van der Waals surface area contributed by atoms with Crippen molar-refractivity contribution < 1.29 is 4.42 Å². The van der Waals surface area contributed by atoms with Gasteiger partial charge in [0.1, 0.15) is 11.2 Å². The van der Waals surface area contributed by atoms with Crippen LogP contribution >= 0.6 is 11.6 Å². The predicted molar refractivity (Wildman–Crippen MR) is 145 cm³/mol. The van der Waals surface area contributed by atoms with Gasteiger partial charge in [-0.1, -0.05) is 96.5 Å². The van der Waals surface area contributed by atoms with Crippen LogP contribution in [-0.2, 0) is 0 Å². The molecule has 0 amide bonds. The van der Waals surface area contributed by atoms with Gasteiger partial charge in [0.2, 0.25) is 0 Å². The summed E-state index contributed by atoms with van der Waals surface area (Å²) in [5.41, 5.74) is 6.24. The molecule has 160 valence electrons. The number of rotatable bonds is 2. The summed E-state index contributed by atoms with van der Waals surface area (Å²) in [6, 6.07) is 40.4. The summed E-state index contributed by atoms with van der Waals surface area (Å²) in [5, 5.41) is 7.57. The Morgan fingerprint density at radius 1 is 0.500 bits per heavy atom. The van der Waals surface area contributed by atoms with Crippen LogP contribution < -0.4 is 0 Å². The lowest BCUT2D eigenvalue weighted by Gasteiger charge is -2.07. The molecule has 0 aliphatic rings. The number of fused-ring (bicyclic) bond motifs is 5. The zero-order valence-corrected chi connectivity index (χ0v) is 19.0. The van der Waals surface area contributed by atoms with E-state index in [0.717, 1.165) is 38.5 Å². The van der Waals surface area contributed by atoms with Crippen molar-refractivity contribution in [1.29, 1.82) is 0 Å². The fourth-order valence-corrected chi connectivity index (χ4v) is 5.21. The molecule has 34 heavy (non-hydrogen) atoms. The van der Waals surface area contributed by atoms with Crippen molar-refractivity contribution in [3.8, 4) is 22.3 Å². The van der Waals surface area contributed by atoms with E-state index < -0.39 is 0 Å². The standard InChI is InChI=1S/C32H19ClO/c33-29-16-15-27(32-31(29)28-18-24-7-3-4-8-25(24)19-30(28)34-32)22-12-9-21(10-13-22)26-14-11-20-5-1-2-6-23(20)17-26/h1-19H. The van der Waals surface area contributed by atoms with E-state index in [1.54, 1.807) is 0 Å². The summed E-state index contributed by atoms with van der Waals surface area (Å²) in [6.45, 7) is 0. The molecule has 7 rings (SSSR count). The van der Waals surface area contributed by atoms with Crippen molar-refractivity contribution in [3.05, 3.63) is 120 Å². The summed E-state index contributed by atoms with van der Waals surface area (Å²) in [4.78, 5) is 0. The lowest BCUT2D eigenvalue weighted by Crippen LogP contribution is -1.82. The molecular formula is C32H19ClO. The van der Waals surface area contributed by atoms with E-state index in [-0.39, 0.29) is 0 Å². The third kappa shape index (κ3) is 3.02. The number of hydrogen-bond acceptors (Lipinski definition) is 1. The van der Waals surface area contributed by atoms with Gasteiger partial charge in [0.25, 0.3) is 0 Å². The first-order chi connectivity index (χ1) is 16.7. The molecule has 0 saturated heterocycles. The van der Waals surface area contributed by atoms with Gasteiger partial charge in [-0.15, -0.1) is 0 Å². The van der Waals surface area contributed by atoms with Crippen LogP contribution in [0.1, 0.15) is 0 Å². The molecule has 0 saturated carbocycles. The van der Waals surface area contributed by atoms with Crippen LogP contribution in [0.25, 0.3) is 65.7 Å².